The molecular formula is C25H31FN2O3S. The van der Waals surface area contributed by atoms with Gasteiger partial charge in [-0.1, -0.05) is 30.3 Å². The lowest BCUT2D eigenvalue weighted by molar-refractivity contribution is 0.0290. The molecule has 32 heavy (non-hydrogen) atoms. The molecule has 1 aromatic heterocycles. The van der Waals surface area contributed by atoms with Gasteiger partial charge < -0.3 is 4.74 Å². The van der Waals surface area contributed by atoms with Gasteiger partial charge in [-0.25, -0.2) is 16.8 Å². The highest BCUT2D eigenvalue weighted by Crippen LogP contribution is 2.43. The number of fused-ring (bicyclic) bond motifs is 1. The monoisotopic (exact) mass is 458 g/mol. The molecule has 1 heterocycles. The summed E-state index contributed by atoms with van der Waals surface area (Å²) in [5.74, 6) is 0.0602. The summed E-state index contributed by atoms with van der Waals surface area (Å²) >= 11 is 0. The van der Waals surface area contributed by atoms with Gasteiger partial charge in [0.15, 0.2) is 0 Å². The molecule has 1 fully saturated rings. The summed E-state index contributed by atoms with van der Waals surface area (Å²) in [5, 5.41) is 0.578. The summed E-state index contributed by atoms with van der Waals surface area (Å²) in [4.78, 5) is 2.34. The van der Waals surface area contributed by atoms with Gasteiger partial charge >= 0.3 is 0 Å². The van der Waals surface area contributed by atoms with Crippen molar-refractivity contribution in [2.45, 2.75) is 37.8 Å². The maximum atomic E-state index is 13.8. The molecule has 0 aliphatic heterocycles. The molecule has 0 atom stereocenters. The van der Waals surface area contributed by atoms with Gasteiger partial charge in [0.05, 0.1) is 18.4 Å². The van der Waals surface area contributed by atoms with Crippen molar-refractivity contribution >= 4 is 20.9 Å². The molecule has 172 valence electrons. The molecule has 7 heteroatoms. The zero-order valence-electron chi connectivity index (χ0n) is 18.9. The molecule has 0 unspecified atom stereocenters. The molecule has 0 spiro atoms. The number of hydrogen-bond donors (Lipinski definition) is 0. The Labute approximate surface area is 189 Å². The van der Waals surface area contributed by atoms with E-state index in [9.17, 15) is 12.8 Å². The van der Waals surface area contributed by atoms with Gasteiger partial charge in [0.25, 0.3) is 0 Å². The predicted molar refractivity (Wildman–Crippen MR) is 126 cm³/mol. The third-order valence-electron chi connectivity index (χ3n) is 6.88. The molecule has 1 aliphatic rings. The van der Waals surface area contributed by atoms with Crippen molar-refractivity contribution in [2.75, 3.05) is 27.0 Å². The van der Waals surface area contributed by atoms with Crippen LogP contribution in [0.5, 0.6) is 0 Å². The number of halogens is 1. The summed E-state index contributed by atoms with van der Waals surface area (Å²) in [6.07, 6.45) is 6.95. The summed E-state index contributed by atoms with van der Waals surface area (Å²) in [6.45, 7) is 0.871. The molecule has 4 rings (SSSR count). The van der Waals surface area contributed by atoms with E-state index >= 15 is 0 Å². The number of rotatable bonds is 7. The number of ether oxygens (including phenoxy) is 1. The van der Waals surface area contributed by atoms with Crippen LogP contribution in [0.15, 0.2) is 54.7 Å². The number of hydrogen-bond acceptors (Lipinski definition) is 4. The fourth-order valence-corrected chi connectivity index (χ4v) is 5.86. The van der Waals surface area contributed by atoms with Crippen LogP contribution in [0.25, 0.3) is 10.9 Å². The SMILES string of the molecule is CN(C)C1(c2ccccc2)CCC(COCc2cn(S(C)(=O)=O)c3ccc(F)cc23)CC1. The maximum Gasteiger partial charge on any atom is 0.236 e. The topological polar surface area (TPSA) is 51.5 Å². The van der Waals surface area contributed by atoms with E-state index in [2.05, 4.69) is 49.3 Å². The van der Waals surface area contributed by atoms with Crippen molar-refractivity contribution < 1.29 is 17.5 Å². The van der Waals surface area contributed by atoms with Crippen molar-refractivity contribution in [2.24, 2.45) is 5.92 Å². The molecule has 0 saturated heterocycles. The minimum absolute atomic E-state index is 0.0538. The van der Waals surface area contributed by atoms with Gasteiger partial charge in [0, 0.05) is 29.3 Å². The Morgan fingerprint density at radius 3 is 2.44 bits per heavy atom. The van der Waals surface area contributed by atoms with E-state index in [1.807, 2.05) is 0 Å². The van der Waals surface area contributed by atoms with Gasteiger partial charge in [-0.3, -0.25) is 4.90 Å². The molecule has 3 aromatic rings. The van der Waals surface area contributed by atoms with Gasteiger partial charge in [0.1, 0.15) is 5.82 Å². The van der Waals surface area contributed by atoms with Crippen molar-refractivity contribution in [1.29, 1.82) is 0 Å². The average Bonchev–Trinajstić information content (AvgIpc) is 3.13. The van der Waals surface area contributed by atoms with Crippen LogP contribution in [0.2, 0.25) is 0 Å². The Morgan fingerprint density at radius 2 is 1.81 bits per heavy atom. The molecule has 0 radical (unpaired) electrons. The minimum Gasteiger partial charge on any atom is -0.376 e. The van der Waals surface area contributed by atoms with Gasteiger partial charge in [0.2, 0.25) is 10.0 Å². The van der Waals surface area contributed by atoms with Gasteiger partial charge in [-0.05, 0) is 69.5 Å². The third-order valence-corrected chi connectivity index (χ3v) is 7.90. The lowest BCUT2D eigenvalue weighted by Crippen LogP contribution is -2.44. The lowest BCUT2D eigenvalue weighted by atomic mass is 9.72. The molecular weight excluding hydrogens is 427 g/mol. The van der Waals surface area contributed by atoms with Crippen LogP contribution in [0.1, 0.15) is 36.8 Å². The highest BCUT2D eigenvalue weighted by molar-refractivity contribution is 7.89. The van der Waals surface area contributed by atoms with E-state index < -0.39 is 15.8 Å². The highest BCUT2D eigenvalue weighted by atomic mass is 32.2. The molecule has 1 saturated carbocycles. The zero-order valence-corrected chi connectivity index (χ0v) is 19.7. The molecule has 2 aromatic carbocycles. The van der Waals surface area contributed by atoms with E-state index in [-0.39, 0.29) is 12.1 Å². The van der Waals surface area contributed by atoms with Crippen molar-refractivity contribution in [3.63, 3.8) is 0 Å². The van der Waals surface area contributed by atoms with E-state index in [4.69, 9.17) is 4.74 Å². The summed E-state index contributed by atoms with van der Waals surface area (Å²) in [7, 11) is 0.826. The van der Waals surface area contributed by atoms with E-state index in [0.717, 1.165) is 31.9 Å². The first kappa shape index (κ1) is 23.0. The predicted octanol–water partition coefficient (Wildman–Crippen LogP) is 4.75. The molecule has 1 aliphatic carbocycles. The number of benzene rings is 2. The smallest absolute Gasteiger partial charge is 0.236 e. The minimum atomic E-state index is -3.48. The third kappa shape index (κ3) is 4.47. The second-order valence-electron chi connectivity index (χ2n) is 9.13. The standard InChI is InChI=1S/C25H31FN2O3S/c1-27(2)25(21-7-5-4-6-8-21)13-11-19(12-14-25)17-31-18-20-16-28(32(3,29)30)24-10-9-22(26)15-23(20)24/h4-10,15-16,19H,11-14,17-18H2,1-3H3. The first-order valence-corrected chi connectivity index (χ1v) is 12.9. The van der Waals surface area contributed by atoms with Crippen LogP contribution < -0.4 is 0 Å². The molecule has 5 nitrogen and oxygen atoms in total. The van der Waals surface area contributed by atoms with Crippen LogP contribution in [0.4, 0.5) is 4.39 Å². The number of aromatic nitrogens is 1. The lowest BCUT2D eigenvalue weighted by Gasteiger charge is -2.45. The molecule has 0 N–H and O–H groups in total. The van der Waals surface area contributed by atoms with E-state index in [1.54, 1.807) is 6.20 Å². The summed E-state index contributed by atoms with van der Waals surface area (Å²) in [5.41, 5.74) is 2.58. The van der Waals surface area contributed by atoms with Crippen LogP contribution in [0.3, 0.4) is 0 Å². The Hall–Kier alpha value is -2.22. The van der Waals surface area contributed by atoms with Crippen LogP contribution in [0, 0.1) is 11.7 Å². The Bertz CT molecular complexity index is 1180. The van der Waals surface area contributed by atoms with Crippen molar-refractivity contribution in [3.05, 3.63) is 71.7 Å². The van der Waals surface area contributed by atoms with Crippen LogP contribution in [-0.2, 0) is 26.9 Å². The zero-order chi connectivity index (χ0) is 22.9. The first-order valence-electron chi connectivity index (χ1n) is 11.0. The fraction of sp³-hybridized carbons (Fsp3) is 0.440. The second-order valence-corrected chi connectivity index (χ2v) is 11.0. The molecule has 0 amide bonds. The maximum absolute atomic E-state index is 13.8. The van der Waals surface area contributed by atoms with E-state index in [1.165, 1.54) is 27.7 Å². The van der Waals surface area contributed by atoms with Crippen LogP contribution in [-0.4, -0.2) is 44.2 Å². The summed E-state index contributed by atoms with van der Waals surface area (Å²) in [6, 6.07) is 14.8. The quantitative estimate of drug-likeness (QED) is 0.513. The fourth-order valence-electron chi connectivity index (χ4n) is 5.03. The largest absolute Gasteiger partial charge is 0.376 e. The van der Waals surface area contributed by atoms with Crippen molar-refractivity contribution in [1.82, 2.24) is 8.87 Å². The van der Waals surface area contributed by atoms with E-state index in [0.29, 0.717) is 29.0 Å². The Kier molecular flexibility index (Phi) is 6.43. The molecule has 0 bridgehead atoms. The second kappa shape index (κ2) is 8.96. The van der Waals surface area contributed by atoms with Crippen molar-refractivity contribution in [3.8, 4) is 0 Å². The average molecular weight is 459 g/mol. The Balaban J connectivity index is 1.42. The van der Waals surface area contributed by atoms with Gasteiger partial charge in [-0.15, -0.1) is 0 Å². The van der Waals surface area contributed by atoms with Gasteiger partial charge in [-0.2, -0.15) is 0 Å². The summed E-state index contributed by atoms with van der Waals surface area (Å²) < 4.78 is 45.3. The highest BCUT2D eigenvalue weighted by Gasteiger charge is 2.38. The number of nitrogens with zero attached hydrogens (tertiary/aromatic N) is 2. The Morgan fingerprint density at radius 1 is 1.12 bits per heavy atom. The van der Waals surface area contributed by atoms with Crippen LogP contribution >= 0.6 is 0 Å². The first-order chi connectivity index (χ1) is 15.2. The normalized spacial score (nSPS) is 22.0.